The van der Waals surface area contributed by atoms with Gasteiger partial charge in [0.05, 0.1) is 0 Å². The van der Waals surface area contributed by atoms with Crippen LogP contribution in [-0.4, -0.2) is 37.1 Å². The predicted molar refractivity (Wildman–Crippen MR) is 80.5 cm³/mol. The third kappa shape index (κ3) is 2.63. The first-order valence-electron chi connectivity index (χ1n) is 7.59. The number of nitrogens with two attached hydrogens (primary N) is 1. The second-order valence-corrected chi connectivity index (χ2v) is 5.98. The molecule has 0 aliphatic carbocycles. The van der Waals surface area contributed by atoms with Gasteiger partial charge < -0.3 is 10.6 Å². The van der Waals surface area contributed by atoms with Crippen molar-refractivity contribution in [2.45, 2.75) is 38.3 Å². The summed E-state index contributed by atoms with van der Waals surface area (Å²) in [5, 5.41) is 0. The number of nitrogens with zero attached hydrogens (tertiary/aromatic N) is 2. The summed E-state index contributed by atoms with van der Waals surface area (Å²) in [6.45, 7) is 6.98. The first kappa shape index (κ1) is 12.9. The summed E-state index contributed by atoms with van der Waals surface area (Å²) in [6.07, 6.45) is 3.99. The van der Waals surface area contributed by atoms with E-state index < -0.39 is 0 Å². The van der Waals surface area contributed by atoms with Crippen LogP contribution >= 0.6 is 0 Å². The zero-order valence-electron chi connectivity index (χ0n) is 11.9. The van der Waals surface area contributed by atoms with E-state index in [0.717, 1.165) is 12.6 Å². The van der Waals surface area contributed by atoms with E-state index in [1.807, 2.05) is 0 Å². The van der Waals surface area contributed by atoms with Crippen LogP contribution in [-0.2, 0) is 0 Å². The second kappa shape index (κ2) is 5.51. The molecule has 19 heavy (non-hydrogen) atoms. The maximum absolute atomic E-state index is 6.13. The number of rotatable bonds is 2. The van der Waals surface area contributed by atoms with Gasteiger partial charge in [-0.2, -0.15) is 0 Å². The molecule has 2 fully saturated rings. The van der Waals surface area contributed by atoms with E-state index in [4.69, 9.17) is 5.73 Å². The van der Waals surface area contributed by atoms with E-state index >= 15 is 0 Å². The molecule has 0 radical (unpaired) electrons. The van der Waals surface area contributed by atoms with Gasteiger partial charge in [-0.3, -0.25) is 4.90 Å². The molecule has 0 bridgehead atoms. The molecule has 0 saturated carbocycles. The van der Waals surface area contributed by atoms with Crippen molar-refractivity contribution in [3.05, 3.63) is 29.8 Å². The summed E-state index contributed by atoms with van der Waals surface area (Å²) in [7, 11) is 0. The number of benzene rings is 1. The largest absolute Gasteiger partial charge is 0.370 e. The van der Waals surface area contributed by atoms with Crippen molar-refractivity contribution in [1.82, 2.24) is 4.90 Å². The zero-order valence-corrected chi connectivity index (χ0v) is 11.9. The third-order valence-corrected chi connectivity index (χ3v) is 4.57. The quantitative estimate of drug-likeness (QED) is 0.885. The lowest BCUT2D eigenvalue weighted by Gasteiger charge is -2.29. The van der Waals surface area contributed by atoms with Crippen LogP contribution in [0.15, 0.2) is 24.3 Å². The highest BCUT2D eigenvalue weighted by atomic mass is 15.3. The summed E-state index contributed by atoms with van der Waals surface area (Å²) in [6, 6.07) is 9.52. The monoisotopic (exact) mass is 259 g/mol. The minimum atomic E-state index is 0.110. The minimum Gasteiger partial charge on any atom is -0.370 e. The molecule has 3 heteroatoms. The van der Waals surface area contributed by atoms with Gasteiger partial charge in [-0.25, -0.2) is 0 Å². The molecule has 1 unspecified atom stereocenters. The van der Waals surface area contributed by atoms with Crippen LogP contribution in [0, 0.1) is 0 Å². The van der Waals surface area contributed by atoms with E-state index in [2.05, 4.69) is 41.0 Å². The molecule has 0 aromatic heterocycles. The molecular weight excluding hydrogens is 234 g/mol. The Bertz CT molecular complexity index is 430. The smallest absolute Gasteiger partial charge is 0.0415 e. The van der Waals surface area contributed by atoms with E-state index in [-0.39, 0.29) is 6.04 Å². The van der Waals surface area contributed by atoms with Crippen LogP contribution in [0.1, 0.15) is 37.8 Å². The summed E-state index contributed by atoms with van der Waals surface area (Å²) in [5.41, 5.74) is 8.77. The number of anilines is 1. The van der Waals surface area contributed by atoms with Gasteiger partial charge in [0, 0.05) is 37.4 Å². The highest BCUT2D eigenvalue weighted by molar-refractivity contribution is 5.55. The van der Waals surface area contributed by atoms with Crippen LogP contribution in [0.3, 0.4) is 0 Å². The number of fused-ring (bicyclic) bond motifs is 1. The summed E-state index contributed by atoms with van der Waals surface area (Å²) >= 11 is 0. The molecule has 3 rings (SSSR count). The van der Waals surface area contributed by atoms with E-state index in [0.29, 0.717) is 0 Å². The van der Waals surface area contributed by atoms with Crippen LogP contribution in [0.25, 0.3) is 0 Å². The fourth-order valence-corrected chi connectivity index (χ4v) is 3.59. The maximum Gasteiger partial charge on any atom is 0.0415 e. The highest BCUT2D eigenvalue weighted by Gasteiger charge is 2.29. The average molecular weight is 259 g/mol. The summed E-state index contributed by atoms with van der Waals surface area (Å²) in [5.74, 6) is 0. The fraction of sp³-hybridized carbons (Fsp3) is 0.625. The van der Waals surface area contributed by atoms with Gasteiger partial charge in [0.1, 0.15) is 0 Å². The van der Waals surface area contributed by atoms with Gasteiger partial charge in [0.2, 0.25) is 0 Å². The number of hydrogen-bond acceptors (Lipinski definition) is 3. The Morgan fingerprint density at radius 2 is 1.95 bits per heavy atom. The molecule has 0 amide bonds. The molecule has 2 N–H and O–H groups in total. The van der Waals surface area contributed by atoms with Crippen molar-refractivity contribution < 1.29 is 0 Å². The number of hydrogen-bond donors (Lipinski definition) is 1. The van der Waals surface area contributed by atoms with Crippen molar-refractivity contribution in [2.24, 2.45) is 5.73 Å². The topological polar surface area (TPSA) is 32.5 Å². The second-order valence-electron chi connectivity index (χ2n) is 5.98. The van der Waals surface area contributed by atoms with Gasteiger partial charge in [0.25, 0.3) is 0 Å². The lowest BCUT2D eigenvalue weighted by molar-refractivity contribution is 0.273. The first-order chi connectivity index (χ1) is 9.25. The Kier molecular flexibility index (Phi) is 3.76. The Labute approximate surface area is 116 Å². The van der Waals surface area contributed by atoms with Gasteiger partial charge in [0.15, 0.2) is 0 Å². The van der Waals surface area contributed by atoms with Gasteiger partial charge in [-0.05, 0) is 44.4 Å². The van der Waals surface area contributed by atoms with Crippen molar-refractivity contribution in [2.75, 3.05) is 31.1 Å². The molecule has 2 aliphatic rings. The van der Waals surface area contributed by atoms with Crippen LogP contribution in [0.5, 0.6) is 0 Å². The predicted octanol–water partition coefficient (Wildman–Crippen LogP) is 2.38. The van der Waals surface area contributed by atoms with Crippen molar-refractivity contribution in [1.29, 1.82) is 0 Å². The van der Waals surface area contributed by atoms with E-state index in [1.54, 1.807) is 0 Å². The molecule has 2 atom stereocenters. The van der Waals surface area contributed by atoms with Gasteiger partial charge in [-0.15, -0.1) is 0 Å². The molecule has 2 heterocycles. The Balaban J connectivity index is 1.85. The van der Waals surface area contributed by atoms with Crippen LogP contribution in [0.2, 0.25) is 0 Å². The molecular formula is C16H25N3. The normalized spacial score (nSPS) is 26.0. The van der Waals surface area contributed by atoms with E-state index in [1.165, 1.54) is 50.1 Å². The minimum absolute atomic E-state index is 0.110. The van der Waals surface area contributed by atoms with Crippen molar-refractivity contribution >= 4 is 5.69 Å². The molecule has 1 aromatic carbocycles. The zero-order chi connectivity index (χ0) is 13.2. The molecule has 1 aromatic rings. The molecule has 2 aliphatic heterocycles. The average Bonchev–Trinajstić information content (AvgIpc) is 2.76. The molecule has 2 saturated heterocycles. The Hall–Kier alpha value is -1.06. The number of para-hydroxylation sites is 1. The van der Waals surface area contributed by atoms with E-state index in [9.17, 15) is 0 Å². The lowest BCUT2D eigenvalue weighted by atomic mass is 10.1. The first-order valence-corrected chi connectivity index (χ1v) is 7.59. The summed E-state index contributed by atoms with van der Waals surface area (Å²) < 4.78 is 0. The van der Waals surface area contributed by atoms with Gasteiger partial charge >= 0.3 is 0 Å². The maximum atomic E-state index is 6.13. The van der Waals surface area contributed by atoms with Crippen molar-refractivity contribution in [3.63, 3.8) is 0 Å². The van der Waals surface area contributed by atoms with Gasteiger partial charge in [-0.1, -0.05) is 18.2 Å². The van der Waals surface area contributed by atoms with Crippen LogP contribution in [0.4, 0.5) is 5.69 Å². The SMILES string of the molecule is C[C@@H](N)c1ccccc1N1CCCN2CCCC2C1. The molecule has 0 spiro atoms. The lowest BCUT2D eigenvalue weighted by Crippen LogP contribution is -2.37. The Morgan fingerprint density at radius 1 is 1.16 bits per heavy atom. The standard InChI is InChI=1S/C16H25N3/c1-13(17)15-7-2-3-8-16(15)19-11-5-10-18-9-4-6-14(18)12-19/h2-3,7-8,13-14H,4-6,9-12,17H2,1H3/t13-,14?/m1/s1. The Morgan fingerprint density at radius 3 is 2.79 bits per heavy atom. The molecule has 3 nitrogen and oxygen atoms in total. The van der Waals surface area contributed by atoms with Crippen LogP contribution < -0.4 is 10.6 Å². The molecule has 104 valence electrons. The summed E-state index contributed by atoms with van der Waals surface area (Å²) in [4.78, 5) is 5.24. The fourth-order valence-electron chi connectivity index (χ4n) is 3.59. The van der Waals surface area contributed by atoms with Crippen molar-refractivity contribution in [3.8, 4) is 0 Å². The highest BCUT2D eigenvalue weighted by Crippen LogP contribution is 2.29. The third-order valence-electron chi connectivity index (χ3n) is 4.57.